The highest BCUT2D eigenvalue weighted by Gasteiger charge is 2.00. The quantitative estimate of drug-likeness (QED) is 0.531. The van der Waals surface area contributed by atoms with Crippen molar-refractivity contribution in [2.75, 3.05) is 0 Å². The van der Waals surface area contributed by atoms with Crippen LogP contribution >= 0.6 is 0 Å². The van der Waals surface area contributed by atoms with Crippen molar-refractivity contribution in [1.29, 1.82) is 0 Å². The van der Waals surface area contributed by atoms with Crippen molar-refractivity contribution in [2.45, 2.75) is 32.3 Å². The van der Waals surface area contributed by atoms with Gasteiger partial charge < -0.3 is 4.43 Å². The average molecular weight is 148 g/mol. The molecule has 0 rings (SSSR count). The summed E-state index contributed by atoms with van der Waals surface area (Å²) in [5.74, 6) is 0. The number of rotatable bonds is 3. The fraction of sp³-hybridized carbons (Fsp3) is 1.00. The van der Waals surface area contributed by atoms with Gasteiger partial charge in [0.15, 0.2) is 9.04 Å². The van der Waals surface area contributed by atoms with Crippen LogP contribution in [0, 0.1) is 0 Å². The molecule has 1 nitrogen and oxygen atoms in total. The van der Waals surface area contributed by atoms with E-state index in [9.17, 15) is 0 Å². The van der Waals surface area contributed by atoms with Crippen molar-refractivity contribution in [3.8, 4) is 0 Å². The molecule has 3 heteroatoms. The van der Waals surface area contributed by atoms with E-state index in [0.717, 1.165) is 0 Å². The molecule has 0 amide bonds. The van der Waals surface area contributed by atoms with Crippen LogP contribution in [0.2, 0.25) is 19.6 Å². The maximum absolute atomic E-state index is 5.60. The van der Waals surface area contributed by atoms with Gasteiger partial charge in [0, 0.05) is 5.73 Å². The standard InChI is InChI=1S/C5H16OSi2/c1-5(7-2)6-8(3)4/h5,8H,7H2,1-4H3. The fourth-order valence-corrected chi connectivity index (χ4v) is 3.41. The minimum atomic E-state index is -0.711. The molecule has 0 N–H and O–H groups in total. The lowest BCUT2D eigenvalue weighted by Gasteiger charge is -2.12. The summed E-state index contributed by atoms with van der Waals surface area (Å²) >= 11 is 0. The average Bonchev–Trinajstić information content (AvgIpc) is 1.65. The van der Waals surface area contributed by atoms with Gasteiger partial charge in [-0.15, -0.1) is 0 Å². The van der Waals surface area contributed by atoms with Gasteiger partial charge in [-0.05, 0) is 20.0 Å². The van der Waals surface area contributed by atoms with Crippen LogP contribution in [0.1, 0.15) is 6.92 Å². The minimum absolute atomic E-state index is 0.108. The maximum Gasteiger partial charge on any atom is 0.170 e. The molecule has 0 aliphatic heterocycles. The van der Waals surface area contributed by atoms with Gasteiger partial charge in [0.05, 0.1) is 9.52 Å². The highest BCUT2D eigenvalue weighted by atomic mass is 28.3. The van der Waals surface area contributed by atoms with Gasteiger partial charge in [0.1, 0.15) is 0 Å². The highest BCUT2D eigenvalue weighted by molar-refractivity contribution is 6.49. The van der Waals surface area contributed by atoms with E-state index >= 15 is 0 Å². The van der Waals surface area contributed by atoms with E-state index < -0.39 is 9.04 Å². The lowest BCUT2D eigenvalue weighted by Crippen LogP contribution is -2.21. The zero-order valence-corrected chi connectivity index (χ0v) is 8.84. The number of hydrogen-bond acceptors (Lipinski definition) is 1. The smallest absolute Gasteiger partial charge is 0.170 e. The summed E-state index contributed by atoms with van der Waals surface area (Å²) in [5.41, 5.74) is 0.627. The summed E-state index contributed by atoms with van der Waals surface area (Å²) in [6.45, 7) is 8.93. The van der Waals surface area contributed by atoms with Crippen molar-refractivity contribution < 1.29 is 4.43 Å². The van der Waals surface area contributed by atoms with E-state index in [2.05, 4.69) is 26.6 Å². The SMILES string of the molecule is C[SiH2]C(C)O[SiH](C)C. The Labute approximate surface area is 56.0 Å². The van der Waals surface area contributed by atoms with Crippen LogP contribution in [0.15, 0.2) is 0 Å². The molecular weight excluding hydrogens is 132 g/mol. The largest absolute Gasteiger partial charge is 0.422 e. The predicted molar refractivity (Wildman–Crippen MR) is 43.8 cm³/mol. The van der Waals surface area contributed by atoms with Crippen LogP contribution in [-0.2, 0) is 4.43 Å². The maximum atomic E-state index is 5.60. The first-order valence-electron chi connectivity index (χ1n) is 3.32. The molecule has 0 aliphatic rings. The normalized spacial score (nSPS) is 16.1. The van der Waals surface area contributed by atoms with Gasteiger partial charge >= 0.3 is 0 Å². The Morgan fingerprint density at radius 3 is 2.12 bits per heavy atom. The molecular formula is C5H16OSi2. The molecule has 0 fully saturated rings. The molecule has 0 saturated heterocycles. The van der Waals surface area contributed by atoms with Gasteiger partial charge in [-0.3, -0.25) is 0 Å². The summed E-state index contributed by atoms with van der Waals surface area (Å²) < 4.78 is 5.60. The van der Waals surface area contributed by atoms with E-state index in [1.165, 1.54) is 0 Å². The monoisotopic (exact) mass is 148 g/mol. The second-order valence-electron chi connectivity index (χ2n) is 2.40. The Hall–Kier alpha value is 0.394. The molecule has 50 valence electrons. The molecule has 0 aromatic heterocycles. The summed E-state index contributed by atoms with van der Waals surface area (Å²) in [6.07, 6.45) is 0. The third-order valence-corrected chi connectivity index (χ3v) is 3.82. The Morgan fingerprint density at radius 2 is 2.00 bits per heavy atom. The van der Waals surface area contributed by atoms with Gasteiger partial charge in [-0.1, -0.05) is 6.55 Å². The van der Waals surface area contributed by atoms with Crippen molar-refractivity contribution in [3.05, 3.63) is 0 Å². The Kier molecular flexibility index (Phi) is 4.50. The summed E-state index contributed by atoms with van der Waals surface area (Å²) in [6, 6.07) is 0. The molecule has 8 heavy (non-hydrogen) atoms. The first-order valence-corrected chi connectivity index (χ1v) is 8.33. The Morgan fingerprint density at radius 1 is 1.50 bits per heavy atom. The van der Waals surface area contributed by atoms with Gasteiger partial charge in [0.2, 0.25) is 0 Å². The summed E-state index contributed by atoms with van der Waals surface area (Å²) in [4.78, 5) is 0. The van der Waals surface area contributed by atoms with Crippen LogP contribution in [0.25, 0.3) is 0 Å². The van der Waals surface area contributed by atoms with Crippen molar-refractivity contribution >= 4 is 18.6 Å². The summed E-state index contributed by atoms with van der Waals surface area (Å²) in [7, 11) is -0.603. The fourth-order valence-electron chi connectivity index (χ4n) is 0.561. The summed E-state index contributed by atoms with van der Waals surface area (Å²) in [5, 5.41) is 0. The topological polar surface area (TPSA) is 9.23 Å². The first kappa shape index (κ1) is 8.39. The van der Waals surface area contributed by atoms with Gasteiger partial charge in [0.25, 0.3) is 0 Å². The molecule has 0 aromatic rings. The van der Waals surface area contributed by atoms with Crippen molar-refractivity contribution in [3.63, 3.8) is 0 Å². The zero-order valence-electron chi connectivity index (χ0n) is 6.27. The van der Waals surface area contributed by atoms with Crippen LogP contribution in [0.5, 0.6) is 0 Å². The molecule has 1 unspecified atom stereocenters. The molecule has 1 atom stereocenters. The van der Waals surface area contributed by atoms with Crippen LogP contribution in [0.3, 0.4) is 0 Å². The van der Waals surface area contributed by atoms with E-state index in [1.54, 1.807) is 0 Å². The number of hydrogen-bond donors (Lipinski definition) is 0. The second-order valence-corrected chi connectivity index (χ2v) is 6.74. The highest BCUT2D eigenvalue weighted by Crippen LogP contribution is 1.91. The van der Waals surface area contributed by atoms with E-state index in [4.69, 9.17) is 4.43 Å². The molecule has 0 spiro atoms. The van der Waals surface area contributed by atoms with Crippen LogP contribution in [0.4, 0.5) is 0 Å². The van der Waals surface area contributed by atoms with Crippen LogP contribution < -0.4 is 0 Å². The molecule has 0 radical (unpaired) electrons. The third-order valence-electron chi connectivity index (χ3n) is 1.08. The molecule has 0 aromatic carbocycles. The van der Waals surface area contributed by atoms with Crippen molar-refractivity contribution in [1.82, 2.24) is 0 Å². The van der Waals surface area contributed by atoms with Crippen LogP contribution in [-0.4, -0.2) is 24.3 Å². The van der Waals surface area contributed by atoms with Gasteiger partial charge in [-0.2, -0.15) is 0 Å². The van der Waals surface area contributed by atoms with Gasteiger partial charge in [-0.25, -0.2) is 0 Å². The lowest BCUT2D eigenvalue weighted by molar-refractivity contribution is 0.305. The van der Waals surface area contributed by atoms with E-state index in [-0.39, 0.29) is 9.52 Å². The molecule has 0 aliphatic carbocycles. The third kappa shape index (κ3) is 4.55. The van der Waals surface area contributed by atoms with E-state index in [0.29, 0.717) is 5.73 Å². The zero-order chi connectivity index (χ0) is 6.57. The van der Waals surface area contributed by atoms with E-state index in [1.807, 2.05) is 0 Å². The minimum Gasteiger partial charge on any atom is -0.422 e. The first-order chi connectivity index (χ1) is 3.66. The predicted octanol–water partition coefficient (Wildman–Crippen LogP) is 0.549. The molecule has 0 bridgehead atoms. The Bertz CT molecular complexity index is 56.4. The lowest BCUT2D eigenvalue weighted by atomic mass is 10.9. The Balaban J connectivity index is 3.10. The van der Waals surface area contributed by atoms with Crippen molar-refractivity contribution in [2.24, 2.45) is 0 Å². The molecule has 0 saturated carbocycles. The molecule has 0 heterocycles. The second kappa shape index (κ2) is 4.29.